The SMILES string of the molecule is COc1cc(OC)c2ccc(=O)oc2c1/C=C\C(C)C. The molecule has 0 radical (unpaired) electrons. The minimum Gasteiger partial charge on any atom is -0.496 e. The van der Waals surface area contributed by atoms with Gasteiger partial charge in [-0.1, -0.05) is 26.0 Å². The Balaban J connectivity index is 2.81. The number of methoxy groups -OCH3 is 2. The molecule has 1 aromatic carbocycles. The standard InChI is InChI=1S/C16H18O4/c1-10(2)5-6-11-13(18-3)9-14(19-4)12-7-8-15(17)20-16(11)12/h5-10H,1-4H3/b6-5-. The first kappa shape index (κ1) is 14.2. The molecule has 2 aromatic rings. The first-order valence-corrected chi connectivity index (χ1v) is 6.44. The lowest BCUT2D eigenvalue weighted by Crippen LogP contribution is -1.99. The Morgan fingerprint density at radius 2 is 1.85 bits per heavy atom. The van der Waals surface area contributed by atoms with Crippen LogP contribution in [0, 0.1) is 5.92 Å². The van der Waals surface area contributed by atoms with Gasteiger partial charge in [-0.15, -0.1) is 0 Å². The van der Waals surface area contributed by atoms with E-state index in [9.17, 15) is 4.79 Å². The lowest BCUT2D eigenvalue weighted by Gasteiger charge is -2.11. The minimum atomic E-state index is -0.396. The molecule has 4 nitrogen and oxygen atoms in total. The van der Waals surface area contributed by atoms with E-state index in [4.69, 9.17) is 13.9 Å². The molecular weight excluding hydrogens is 256 g/mol. The third-order valence-corrected chi connectivity index (χ3v) is 2.96. The Bertz CT molecular complexity index is 695. The highest BCUT2D eigenvalue weighted by Gasteiger charge is 2.14. The van der Waals surface area contributed by atoms with Gasteiger partial charge < -0.3 is 13.9 Å². The van der Waals surface area contributed by atoms with Crippen LogP contribution in [-0.2, 0) is 0 Å². The molecule has 2 rings (SSSR count). The number of benzene rings is 1. The van der Waals surface area contributed by atoms with Gasteiger partial charge in [0.1, 0.15) is 11.5 Å². The molecule has 0 N–H and O–H groups in total. The van der Waals surface area contributed by atoms with Gasteiger partial charge in [0.15, 0.2) is 5.58 Å². The van der Waals surface area contributed by atoms with Gasteiger partial charge in [0.2, 0.25) is 0 Å². The first-order chi connectivity index (χ1) is 9.56. The van der Waals surface area contributed by atoms with Crippen LogP contribution in [0.1, 0.15) is 19.4 Å². The first-order valence-electron chi connectivity index (χ1n) is 6.44. The fourth-order valence-electron chi connectivity index (χ4n) is 1.98. The van der Waals surface area contributed by atoms with Gasteiger partial charge in [-0.25, -0.2) is 4.79 Å². The fraction of sp³-hybridized carbons (Fsp3) is 0.312. The summed E-state index contributed by atoms with van der Waals surface area (Å²) in [5.41, 5.74) is 0.826. The number of ether oxygens (including phenoxy) is 2. The van der Waals surface area contributed by atoms with Crippen LogP contribution >= 0.6 is 0 Å². The molecule has 0 spiro atoms. The van der Waals surface area contributed by atoms with Gasteiger partial charge in [-0.2, -0.15) is 0 Å². The molecule has 1 heterocycles. The van der Waals surface area contributed by atoms with Crippen LogP contribution in [0.5, 0.6) is 11.5 Å². The highest BCUT2D eigenvalue weighted by molar-refractivity contribution is 5.93. The molecule has 0 aliphatic rings. The van der Waals surface area contributed by atoms with E-state index in [-0.39, 0.29) is 0 Å². The fourth-order valence-corrected chi connectivity index (χ4v) is 1.98. The van der Waals surface area contributed by atoms with E-state index >= 15 is 0 Å². The summed E-state index contributed by atoms with van der Waals surface area (Å²) in [5.74, 6) is 1.61. The number of hydrogen-bond acceptors (Lipinski definition) is 4. The van der Waals surface area contributed by atoms with Crippen LogP contribution in [0.25, 0.3) is 17.0 Å². The van der Waals surface area contributed by atoms with Crippen molar-refractivity contribution in [1.29, 1.82) is 0 Å². The Morgan fingerprint density at radius 3 is 2.45 bits per heavy atom. The summed E-state index contributed by atoms with van der Waals surface area (Å²) in [6, 6.07) is 4.88. The van der Waals surface area contributed by atoms with E-state index in [2.05, 4.69) is 13.8 Å². The zero-order chi connectivity index (χ0) is 14.7. The summed E-state index contributed by atoms with van der Waals surface area (Å²) in [6.45, 7) is 4.15. The summed E-state index contributed by atoms with van der Waals surface area (Å²) in [7, 11) is 3.15. The van der Waals surface area contributed by atoms with E-state index in [0.717, 1.165) is 10.9 Å². The zero-order valence-electron chi connectivity index (χ0n) is 12.1. The molecule has 0 atom stereocenters. The Labute approximate surface area is 117 Å². The lowest BCUT2D eigenvalue weighted by atomic mass is 10.1. The van der Waals surface area contributed by atoms with Gasteiger partial charge in [0.05, 0.1) is 25.2 Å². The molecule has 20 heavy (non-hydrogen) atoms. The summed E-state index contributed by atoms with van der Waals surface area (Å²) in [4.78, 5) is 11.5. The van der Waals surface area contributed by atoms with Gasteiger partial charge in [0, 0.05) is 12.1 Å². The summed E-state index contributed by atoms with van der Waals surface area (Å²) >= 11 is 0. The minimum absolute atomic E-state index is 0.382. The molecule has 1 aromatic heterocycles. The maximum Gasteiger partial charge on any atom is 0.336 e. The maximum atomic E-state index is 11.5. The molecule has 0 fully saturated rings. The molecule has 4 heteroatoms. The topological polar surface area (TPSA) is 48.7 Å². The lowest BCUT2D eigenvalue weighted by molar-refractivity contribution is 0.395. The van der Waals surface area contributed by atoms with E-state index in [1.807, 2.05) is 12.2 Å². The Morgan fingerprint density at radius 1 is 1.15 bits per heavy atom. The molecule has 0 amide bonds. The molecule has 106 valence electrons. The van der Waals surface area contributed by atoms with Crippen molar-refractivity contribution in [2.75, 3.05) is 14.2 Å². The normalized spacial score (nSPS) is 11.4. The molecule has 0 bridgehead atoms. The number of fused-ring (bicyclic) bond motifs is 1. The van der Waals surface area contributed by atoms with Crippen molar-refractivity contribution in [3.05, 3.63) is 40.3 Å². The Kier molecular flexibility index (Phi) is 4.13. The van der Waals surface area contributed by atoms with Crippen molar-refractivity contribution in [3.8, 4) is 11.5 Å². The molecule has 0 aliphatic carbocycles. The number of rotatable bonds is 4. The second kappa shape index (κ2) is 5.82. The van der Waals surface area contributed by atoms with Gasteiger partial charge in [0.25, 0.3) is 0 Å². The van der Waals surface area contributed by atoms with Gasteiger partial charge in [-0.05, 0) is 12.0 Å². The quantitative estimate of drug-likeness (QED) is 0.801. The predicted octanol–water partition coefficient (Wildman–Crippen LogP) is 3.48. The highest BCUT2D eigenvalue weighted by Crippen LogP contribution is 2.36. The van der Waals surface area contributed by atoms with Crippen molar-refractivity contribution < 1.29 is 13.9 Å². The van der Waals surface area contributed by atoms with Crippen LogP contribution in [0.4, 0.5) is 0 Å². The average Bonchev–Trinajstić information content (AvgIpc) is 2.43. The third kappa shape index (κ3) is 2.69. The summed E-state index contributed by atoms with van der Waals surface area (Å²) in [5, 5.41) is 0.747. The zero-order valence-corrected chi connectivity index (χ0v) is 12.1. The summed E-state index contributed by atoms with van der Waals surface area (Å²) < 4.78 is 16.0. The molecular formula is C16H18O4. The number of allylic oxidation sites excluding steroid dienone is 1. The van der Waals surface area contributed by atoms with Crippen molar-refractivity contribution in [1.82, 2.24) is 0 Å². The summed E-state index contributed by atoms with van der Waals surface area (Å²) in [6.07, 6.45) is 3.94. The Hall–Kier alpha value is -2.23. The van der Waals surface area contributed by atoms with E-state index in [1.165, 1.54) is 6.07 Å². The second-order valence-electron chi connectivity index (χ2n) is 4.80. The van der Waals surface area contributed by atoms with E-state index in [1.54, 1.807) is 26.4 Å². The molecule has 0 aliphatic heterocycles. The number of hydrogen-bond donors (Lipinski definition) is 0. The molecule has 0 unspecified atom stereocenters. The van der Waals surface area contributed by atoms with Crippen molar-refractivity contribution in [3.63, 3.8) is 0 Å². The van der Waals surface area contributed by atoms with Gasteiger partial charge >= 0.3 is 5.63 Å². The van der Waals surface area contributed by atoms with Crippen LogP contribution in [0.3, 0.4) is 0 Å². The van der Waals surface area contributed by atoms with Crippen molar-refractivity contribution >= 4 is 17.0 Å². The van der Waals surface area contributed by atoms with Gasteiger partial charge in [-0.3, -0.25) is 0 Å². The molecule has 0 saturated carbocycles. The predicted molar refractivity (Wildman–Crippen MR) is 79.5 cm³/mol. The van der Waals surface area contributed by atoms with E-state index in [0.29, 0.717) is 23.0 Å². The second-order valence-corrected chi connectivity index (χ2v) is 4.80. The third-order valence-electron chi connectivity index (χ3n) is 2.96. The molecule has 0 saturated heterocycles. The smallest absolute Gasteiger partial charge is 0.336 e. The van der Waals surface area contributed by atoms with Crippen LogP contribution in [0.15, 0.2) is 33.5 Å². The maximum absolute atomic E-state index is 11.5. The average molecular weight is 274 g/mol. The highest BCUT2D eigenvalue weighted by atomic mass is 16.5. The monoisotopic (exact) mass is 274 g/mol. The van der Waals surface area contributed by atoms with Crippen molar-refractivity contribution in [2.45, 2.75) is 13.8 Å². The largest absolute Gasteiger partial charge is 0.496 e. The van der Waals surface area contributed by atoms with Crippen LogP contribution < -0.4 is 15.1 Å². The van der Waals surface area contributed by atoms with Crippen LogP contribution in [0.2, 0.25) is 0 Å². The van der Waals surface area contributed by atoms with Crippen LogP contribution in [-0.4, -0.2) is 14.2 Å². The van der Waals surface area contributed by atoms with Crippen molar-refractivity contribution in [2.24, 2.45) is 5.92 Å². The van der Waals surface area contributed by atoms with E-state index < -0.39 is 5.63 Å².